The third-order valence-corrected chi connectivity index (χ3v) is 4.89. The third-order valence-electron chi connectivity index (χ3n) is 3.88. The van der Waals surface area contributed by atoms with Crippen LogP contribution in [0.4, 0.5) is 0 Å². The molecule has 2 nitrogen and oxygen atoms in total. The van der Waals surface area contributed by atoms with Crippen molar-refractivity contribution in [3.63, 3.8) is 0 Å². The molecule has 0 radical (unpaired) electrons. The number of thiophene rings is 1. The second-order valence-electron chi connectivity index (χ2n) is 5.10. The molecular formula is C18H13NOS. The Kier molecular flexibility index (Phi) is 2.86. The molecule has 0 aliphatic rings. The molecule has 4 rings (SSSR count). The Bertz CT molecular complexity index is 948. The molecule has 4 aromatic rings. The second-order valence-corrected chi connectivity index (χ2v) is 6.01. The Morgan fingerprint density at radius 2 is 1.90 bits per heavy atom. The van der Waals surface area contributed by atoms with E-state index in [4.69, 9.17) is 0 Å². The third kappa shape index (κ3) is 1.98. The summed E-state index contributed by atoms with van der Waals surface area (Å²) in [6.45, 7) is 0.829. The van der Waals surface area contributed by atoms with E-state index in [1.807, 2.05) is 18.2 Å². The van der Waals surface area contributed by atoms with Gasteiger partial charge in [-0.3, -0.25) is 4.79 Å². The summed E-state index contributed by atoms with van der Waals surface area (Å²) in [5.41, 5.74) is 3.18. The maximum absolute atomic E-state index is 11.1. The highest BCUT2D eigenvalue weighted by molar-refractivity contribution is 7.17. The Labute approximate surface area is 126 Å². The fourth-order valence-corrected chi connectivity index (χ4v) is 3.78. The lowest BCUT2D eigenvalue weighted by atomic mass is 10.1. The van der Waals surface area contributed by atoms with Gasteiger partial charge in [-0.2, -0.15) is 0 Å². The van der Waals surface area contributed by atoms with Crippen molar-refractivity contribution in [1.82, 2.24) is 4.57 Å². The van der Waals surface area contributed by atoms with Crippen LogP contribution < -0.4 is 0 Å². The van der Waals surface area contributed by atoms with Gasteiger partial charge in [0.15, 0.2) is 6.29 Å². The van der Waals surface area contributed by atoms with E-state index in [1.165, 1.54) is 15.6 Å². The van der Waals surface area contributed by atoms with Crippen LogP contribution in [-0.4, -0.2) is 10.9 Å². The number of benzene rings is 2. The van der Waals surface area contributed by atoms with Gasteiger partial charge in [-0.25, -0.2) is 0 Å². The standard InChI is InChI=1S/C18H13NOS/c20-11-13-4-3-6-17-15(13)8-9-19(17)10-14-12-21-18-7-2-1-5-16(14)18/h1-9,11-12H,10H2. The minimum absolute atomic E-state index is 0.751. The van der Waals surface area contributed by atoms with E-state index in [1.54, 1.807) is 11.3 Å². The van der Waals surface area contributed by atoms with Crippen molar-refractivity contribution < 1.29 is 4.79 Å². The Balaban J connectivity index is 1.83. The normalized spacial score (nSPS) is 11.2. The van der Waals surface area contributed by atoms with Gasteiger partial charge in [0, 0.05) is 33.9 Å². The Hall–Kier alpha value is -2.39. The van der Waals surface area contributed by atoms with Crippen LogP contribution in [0.15, 0.2) is 60.1 Å². The molecule has 0 aliphatic carbocycles. The Morgan fingerprint density at radius 1 is 1.00 bits per heavy atom. The summed E-state index contributed by atoms with van der Waals surface area (Å²) in [7, 11) is 0. The zero-order chi connectivity index (χ0) is 14.2. The number of aldehydes is 1. The smallest absolute Gasteiger partial charge is 0.150 e. The summed E-state index contributed by atoms with van der Waals surface area (Å²) in [6.07, 6.45) is 2.98. The zero-order valence-electron chi connectivity index (χ0n) is 11.3. The number of carbonyl (C=O) groups is 1. The summed E-state index contributed by atoms with van der Waals surface area (Å²) in [6, 6.07) is 16.4. The second kappa shape index (κ2) is 4.86. The summed E-state index contributed by atoms with van der Waals surface area (Å²) < 4.78 is 3.52. The molecule has 0 saturated carbocycles. The lowest BCUT2D eigenvalue weighted by Gasteiger charge is -2.05. The number of nitrogens with zero attached hydrogens (tertiary/aromatic N) is 1. The SMILES string of the molecule is O=Cc1cccc2c1ccn2Cc1csc2ccccc12. The van der Waals surface area contributed by atoms with Gasteiger partial charge in [-0.1, -0.05) is 30.3 Å². The van der Waals surface area contributed by atoms with Crippen molar-refractivity contribution in [2.45, 2.75) is 6.54 Å². The van der Waals surface area contributed by atoms with Crippen LogP contribution >= 0.6 is 11.3 Å². The van der Waals surface area contributed by atoms with Crippen LogP contribution in [0.5, 0.6) is 0 Å². The van der Waals surface area contributed by atoms with Gasteiger partial charge in [0.1, 0.15) is 0 Å². The van der Waals surface area contributed by atoms with Crippen LogP contribution in [-0.2, 0) is 6.54 Å². The first-order chi connectivity index (χ1) is 10.4. The molecule has 0 aliphatic heterocycles. The number of rotatable bonds is 3. The van der Waals surface area contributed by atoms with Crippen molar-refractivity contribution in [1.29, 1.82) is 0 Å². The van der Waals surface area contributed by atoms with Gasteiger partial charge >= 0.3 is 0 Å². The van der Waals surface area contributed by atoms with Gasteiger partial charge in [0.05, 0.1) is 0 Å². The molecule has 0 N–H and O–H groups in total. The molecule has 0 unspecified atom stereocenters. The molecule has 3 heteroatoms. The lowest BCUT2D eigenvalue weighted by molar-refractivity contribution is 0.112. The maximum atomic E-state index is 11.1. The van der Waals surface area contributed by atoms with Gasteiger partial charge in [0.2, 0.25) is 0 Å². The minimum atomic E-state index is 0.751. The molecule has 102 valence electrons. The number of aromatic nitrogens is 1. The minimum Gasteiger partial charge on any atom is -0.343 e. The van der Waals surface area contributed by atoms with E-state index >= 15 is 0 Å². The van der Waals surface area contributed by atoms with Crippen LogP contribution in [0.2, 0.25) is 0 Å². The van der Waals surface area contributed by atoms with E-state index < -0.39 is 0 Å². The molecule has 2 aromatic heterocycles. The fourth-order valence-electron chi connectivity index (χ4n) is 2.83. The van der Waals surface area contributed by atoms with E-state index in [2.05, 4.69) is 46.5 Å². The molecule has 0 spiro atoms. The highest BCUT2D eigenvalue weighted by Gasteiger charge is 2.08. The Morgan fingerprint density at radius 3 is 2.81 bits per heavy atom. The first-order valence-corrected chi connectivity index (χ1v) is 7.73. The van der Waals surface area contributed by atoms with Crippen LogP contribution in [0.25, 0.3) is 21.0 Å². The molecule has 2 aromatic carbocycles. The van der Waals surface area contributed by atoms with E-state index in [0.29, 0.717) is 0 Å². The van der Waals surface area contributed by atoms with Crippen molar-refractivity contribution in [2.24, 2.45) is 0 Å². The summed E-state index contributed by atoms with van der Waals surface area (Å²) >= 11 is 1.78. The van der Waals surface area contributed by atoms with Crippen LogP contribution in [0.3, 0.4) is 0 Å². The summed E-state index contributed by atoms with van der Waals surface area (Å²) in [4.78, 5) is 11.1. The predicted octanol–water partition coefficient (Wildman–Crippen LogP) is 4.72. The van der Waals surface area contributed by atoms with Crippen molar-refractivity contribution in [3.05, 3.63) is 71.2 Å². The largest absolute Gasteiger partial charge is 0.343 e. The molecular weight excluding hydrogens is 278 g/mol. The first-order valence-electron chi connectivity index (χ1n) is 6.85. The highest BCUT2D eigenvalue weighted by atomic mass is 32.1. The highest BCUT2D eigenvalue weighted by Crippen LogP contribution is 2.28. The first kappa shape index (κ1) is 12.4. The van der Waals surface area contributed by atoms with E-state index in [9.17, 15) is 4.79 Å². The maximum Gasteiger partial charge on any atom is 0.150 e. The molecule has 21 heavy (non-hydrogen) atoms. The molecule has 0 fully saturated rings. The van der Waals surface area contributed by atoms with E-state index in [0.717, 1.165) is 29.3 Å². The summed E-state index contributed by atoms with van der Waals surface area (Å²) in [5.74, 6) is 0. The topological polar surface area (TPSA) is 22.0 Å². The van der Waals surface area contributed by atoms with Gasteiger partial charge in [0.25, 0.3) is 0 Å². The average molecular weight is 291 g/mol. The molecule has 2 heterocycles. The molecule has 0 bridgehead atoms. The summed E-state index contributed by atoms with van der Waals surface area (Å²) in [5, 5.41) is 4.56. The van der Waals surface area contributed by atoms with Crippen LogP contribution in [0.1, 0.15) is 15.9 Å². The molecule has 0 saturated heterocycles. The van der Waals surface area contributed by atoms with Gasteiger partial charge in [-0.15, -0.1) is 11.3 Å². The number of hydrogen-bond acceptors (Lipinski definition) is 2. The number of fused-ring (bicyclic) bond motifs is 2. The van der Waals surface area contributed by atoms with Crippen molar-refractivity contribution in [3.8, 4) is 0 Å². The zero-order valence-corrected chi connectivity index (χ0v) is 12.1. The fraction of sp³-hybridized carbons (Fsp3) is 0.0556. The average Bonchev–Trinajstić information content (AvgIpc) is 3.13. The number of hydrogen-bond donors (Lipinski definition) is 0. The number of carbonyl (C=O) groups excluding carboxylic acids is 1. The lowest BCUT2D eigenvalue weighted by Crippen LogP contribution is -1.97. The van der Waals surface area contributed by atoms with E-state index in [-0.39, 0.29) is 0 Å². The van der Waals surface area contributed by atoms with Gasteiger partial charge < -0.3 is 4.57 Å². The quantitative estimate of drug-likeness (QED) is 0.501. The molecule has 0 atom stereocenters. The van der Waals surface area contributed by atoms with Gasteiger partial charge in [-0.05, 0) is 34.5 Å². The monoisotopic (exact) mass is 291 g/mol. The van der Waals surface area contributed by atoms with Crippen molar-refractivity contribution in [2.75, 3.05) is 0 Å². The predicted molar refractivity (Wildman–Crippen MR) is 88.3 cm³/mol. The van der Waals surface area contributed by atoms with Crippen molar-refractivity contribution >= 4 is 38.6 Å². The van der Waals surface area contributed by atoms with Crippen LogP contribution in [0, 0.1) is 0 Å². The molecule has 0 amide bonds.